The number of nitrogens with one attached hydrogen (secondary N) is 2. The molecular formula is C14H28N2O. The van der Waals surface area contributed by atoms with Crippen molar-refractivity contribution < 1.29 is 4.79 Å². The van der Waals surface area contributed by atoms with Crippen molar-refractivity contribution in [2.24, 2.45) is 0 Å². The first-order chi connectivity index (χ1) is 8.33. The number of amides is 1. The summed E-state index contributed by atoms with van der Waals surface area (Å²) in [6.07, 6.45) is 10.9. The molecule has 0 aromatic heterocycles. The Bertz CT molecular complexity index is 198. The van der Waals surface area contributed by atoms with E-state index in [9.17, 15) is 4.79 Å². The molecule has 1 aliphatic rings. The number of carbonyl (C=O) groups is 1. The van der Waals surface area contributed by atoms with Crippen LogP contribution < -0.4 is 10.6 Å². The molecule has 0 radical (unpaired) electrons. The number of hydrogen-bond acceptors (Lipinski definition) is 2. The van der Waals surface area contributed by atoms with E-state index in [0.29, 0.717) is 12.5 Å². The molecule has 0 heterocycles. The first-order valence-electron chi connectivity index (χ1n) is 7.33. The fourth-order valence-electron chi connectivity index (χ4n) is 2.37. The molecule has 3 nitrogen and oxygen atoms in total. The molecule has 100 valence electrons. The quantitative estimate of drug-likeness (QED) is 0.530. The van der Waals surface area contributed by atoms with Crippen LogP contribution in [-0.4, -0.2) is 25.0 Å². The molecule has 0 spiro atoms. The van der Waals surface area contributed by atoms with E-state index in [0.717, 1.165) is 25.9 Å². The summed E-state index contributed by atoms with van der Waals surface area (Å²) < 4.78 is 0. The van der Waals surface area contributed by atoms with Gasteiger partial charge < -0.3 is 10.6 Å². The molecule has 0 aromatic carbocycles. The second-order valence-electron chi connectivity index (χ2n) is 5.10. The van der Waals surface area contributed by atoms with Crippen molar-refractivity contribution in [2.45, 2.75) is 70.8 Å². The molecular weight excluding hydrogens is 212 g/mol. The van der Waals surface area contributed by atoms with Gasteiger partial charge in [0, 0.05) is 25.6 Å². The van der Waals surface area contributed by atoms with Gasteiger partial charge in [-0.05, 0) is 19.3 Å². The zero-order valence-electron chi connectivity index (χ0n) is 11.3. The lowest BCUT2D eigenvalue weighted by molar-refractivity contribution is -0.121. The van der Waals surface area contributed by atoms with Gasteiger partial charge in [0.2, 0.25) is 5.91 Å². The van der Waals surface area contributed by atoms with Crippen LogP contribution in [0, 0.1) is 0 Å². The lowest BCUT2D eigenvalue weighted by Crippen LogP contribution is -2.33. The fourth-order valence-corrected chi connectivity index (χ4v) is 2.37. The number of hydrogen-bond donors (Lipinski definition) is 2. The summed E-state index contributed by atoms with van der Waals surface area (Å²) >= 11 is 0. The molecule has 0 aromatic rings. The van der Waals surface area contributed by atoms with Gasteiger partial charge in [0.1, 0.15) is 0 Å². The van der Waals surface area contributed by atoms with E-state index in [1.54, 1.807) is 0 Å². The highest BCUT2D eigenvalue weighted by Gasteiger charge is 2.11. The van der Waals surface area contributed by atoms with Crippen LogP contribution in [0.2, 0.25) is 0 Å². The van der Waals surface area contributed by atoms with Crippen LogP contribution in [-0.2, 0) is 4.79 Å². The largest absolute Gasteiger partial charge is 0.356 e. The van der Waals surface area contributed by atoms with Crippen molar-refractivity contribution in [3.05, 3.63) is 0 Å². The van der Waals surface area contributed by atoms with E-state index in [1.165, 1.54) is 38.5 Å². The van der Waals surface area contributed by atoms with Crippen molar-refractivity contribution >= 4 is 5.91 Å². The highest BCUT2D eigenvalue weighted by Crippen LogP contribution is 2.16. The molecule has 1 saturated carbocycles. The third-order valence-electron chi connectivity index (χ3n) is 3.49. The van der Waals surface area contributed by atoms with E-state index >= 15 is 0 Å². The zero-order chi connectivity index (χ0) is 12.3. The Morgan fingerprint density at radius 2 is 1.82 bits per heavy atom. The molecule has 0 atom stereocenters. The van der Waals surface area contributed by atoms with Crippen LogP contribution in [0.3, 0.4) is 0 Å². The molecule has 2 N–H and O–H groups in total. The topological polar surface area (TPSA) is 41.1 Å². The smallest absolute Gasteiger partial charge is 0.221 e. The van der Waals surface area contributed by atoms with Crippen LogP contribution in [0.15, 0.2) is 0 Å². The Balaban J connectivity index is 1.99. The molecule has 1 amide bonds. The molecule has 0 unspecified atom stereocenters. The van der Waals surface area contributed by atoms with Gasteiger partial charge in [-0.3, -0.25) is 4.79 Å². The Labute approximate surface area is 106 Å². The first kappa shape index (κ1) is 14.5. The Hall–Kier alpha value is -0.570. The molecule has 0 aliphatic heterocycles. The van der Waals surface area contributed by atoms with Crippen molar-refractivity contribution in [1.29, 1.82) is 0 Å². The molecule has 1 fully saturated rings. The molecule has 0 bridgehead atoms. The second-order valence-corrected chi connectivity index (χ2v) is 5.10. The zero-order valence-corrected chi connectivity index (χ0v) is 11.3. The van der Waals surface area contributed by atoms with Crippen LogP contribution in [0.4, 0.5) is 0 Å². The molecule has 0 saturated heterocycles. The van der Waals surface area contributed by atoms with Crippen molar-refractivity contribution in [3.63, 3.8) is 0 Å². The summed E-state index contributed by atoms with van der Waals surface area (Å²) in [5, 5.41) is 6.48. The molecule has 3 heteroatoms. The van der Waals surface area contributed by atoms with Gasteiger partial charge in [-0.2, -0.15) is 0 Å². The van der Waals surface area contributed by atoms with E-state index in [4.69, 9.17) is 0 Å². The van der Waals surface area contributed by atoms with E-state index < -0.39 is 0 Å². The number of rotatable bonds is 7. The average Bonchev–Trinajstić information content (AvgIpc) is 2.58. The van der Waals surface area contributed by atoms with Gasteiger partial charge in [-0.15, -0.1) is 0 Å². The van der Waals surface area contributed by atoms with Crippen LogP contribution in [0.1, 0.15) is 64.7 Å². The van der Waals surface area contributed by atoms with Crippen molar-refractivity contribution in [2.75, 3.05) is 13.1 Å². The lowest BCUT2D eigenvalue weighted by atomic mass is 10.1. The van der Waals surface area contributed by atoms with E-state index in [2.05, 4.69) is 17.6 Å². The monoisotopic (exact) mass is 240 g/mol. The maximum atomic E-state index is 11.5. The Morgan fingerprint density at radius 3 is 2.47 bits per heavy atom. The summed E-state index contributed by atoms with van der Waals surface area (Å²) in [7, 11) is 0. The SMILES string of the molecule is CCCCNC(=O)CCNC1CCCCCC1. The molecule has 1 aliphatic carbocycles. The maximum absolute atomic E-state index is 11.5. The predicted molar refractivity (Wildman–Crippen MR) is 72.0 cm³/mol. The predicted octanol–water partition coefficient (Wildman–Crippen LogP) is 2.61. The summed E-state index contributed by atoms with van der Waals surface area (Å²) in [6.45, 7) is 3.81. The van der Waals surface area contributed by atoms with Gasteiger partial charge in [0.25, 0.3) is 0 Å². The third-order valence-corrected chi connectivity index (χ3v) is 3.49. The normalized spacial score (nSPS) is 17.7. The third kappa shape index (κ3) is 7.37. The standard InChI is InChI=1S/C14H28N2O/c1-2-3-11-16-14(17)10-12-15-13-8-6-4-5-7-9-13/h13,15H,2-12H2,1H3,(H,16,17). The number of carbonyl (C=O) groups excluding carboxylic acids is 1. The van der Waals surface area contributed by atoms with E-state index in [-0.39, 0.29) is 5.91 Å². The molecule has 1 rings (SSSR count). The molecule has 17 heavy (non-hydrogen) atoms. The van der Waals surface area contributed by atoms with Crippen molar-refractivity contribution in [1.82, 2.24) is 10.6 Å². The summed E-state index contributed by atoms with van der Waals surface area (Å²) in [6, 6.07) is 0.654. The first-order valence-corrected chi connectivity index (χ1v) is 7.33. The minimum Gasteiger partial charge on any atom is -0.356 e. The Kier molecular flexibility index (Phi) is 8.06. The summed E-state index contributed by atoms with van der Waals surface area (Å²) in [4.78, 5) is 11.5. The van der Waals surface area contributed by atoms with Crippen LogP contribution in [0.5, 0.6) is 0 Å². The minimum absolute atomic E-state index is 0.194. The summed E-state index contributed by atoms with van der Waals surface area (Å²) in [5.41, 5.74) is 0. The second kappa shape index (κ2) is 9.46. The minimum atomic E-state index is 0.194. The highest BCUT2D eigenvalue weighted by molar-refractivity contribution is 5.75. The van der Waals surface area contributed by atoms with Gasteiger partial charge in [0.05, 0.1) is 0 Å². The van der Waals surface area contributed by atoms with E-state index in [1.807, 2.05) is 0 Å². The summed E-state index contributed by atoms with van der Waals surface area (Å²) in [5.74, 6) is 0.194. The Morgan fingerprint density at radius 1 is 1.12 bits per heavy atom. The van der Waals surface area contributed by atoms with Crippen molar-refractivity contribution in [3.8, 4) is 0 Å². The average molecular weight is 240 g/mol. The maximum Gasteiger partial charge on any atom is 0.221 e. The van der Waals surface area contributed by atoms with Gasteiger partial charge in [-0.1, -0.05) is 39.0 Å². The van der Waals surface area contributed by atoms with Gasteiger partial charge in [-0.25, -0.2) is 0 Å². The highest BCUT2D eigenvalue weighted by atomic mass is 16.1. The number of unbranched alkanes of at least 4 members (excludes halogenated alkanes) is 1. The van der Waals surface area contributed by atoms with Gasteiger partial charge >= 0.3 is 0 Å². The lowest BCUT2D eigenvalue weighted by Gasteiger charge is -2.15. The van der Waals surface area contributed by atoms with Crippen LogP contribution >= 0.6 is 0 Å². The fraction of sp³-hybridized carbons (Fsp3) is 0.929. The van der Waals surface area contributed by atoms with Gasteiger partial charge in [0.15, 0.2) is 0 Å². The van der Waals surface area contributed by atoms with Crippen LogP contribution in [0.25, 0.3) is 0 Å².